The van der Waals surface area contributed by atoms with Crippen LogP contribution in [0.15, 0.2) is 12.1 Å². The van der Waals surface area contributed by atoms with Crippen molar-refractivity contribution in [3.8, 4) is 0 Å². The smallest absolute Gasteiger partial charge is 0.284 e. The Kier molecular flexibility index (Phi) is 4.23. The number of carbonyl (C=O) groups excluding carboxylic acids is 2. The van der Waals surface area contributed by atoms with Gasteiger partial charge in [-0.15, -0.1) is 0 Å². The number of carbonyl (C=O) groups is 2. The van der Waals surface area contributed by atoms with Gasteiger partial charge in [0.15, 0.2) is 0 Å². The fraction of sp³-hybridized carbons (Fsp3) is 0.385. The summed E-state index contributed by atoms with van der Waals surface area (Å²) in [6, 6.07) is 4.28. The maximum absolute atomic E-state index is 10.7. The summed E-state index contributed by atoms with van der Waals surface area (Å²) in [7, 11) is 0. The SMILES string of the molecule is Cc1cc(C)c(CCNC(=O)C=O)cc1C. The first-order valence-electron chi connectivity index (χ1n) is 5.34. The molecule has 0 saturated heterocycles. The van der Waals surface area contributed by atoms with E-state index in [1.54, 1.807) is 0 Å². The quantitative estimate of drug-likeness (QED) is 0.615. The molecule has 16 heavy (non-hydrogen) atoms. The third-order valence-electron chi connectivity index (χ3n) is 2.75. The maximum Gasteiger partial charge on any atom is 0.284 e. The number of benzene rings is 1. The van der Waals surface area contributed by atoms with Crippen LogP contribution in [0.1, 0.15) is 22.3 Å². The van der Waals surface area contributed by atoms with Crippen LogP contribution < -0.4 is 5.32 Å². The molecule has 3 nitrogen and oxygen atoms in total. The van der Waals surface area contributed by atoms with E-state index in [-0.39, 0.29) is 0 Å². The highest BCUT2D eigenvalue weighted by atomic mass is 16.2. The topological polar surface area (TPSA) is 46.2 Å². The highest BCUT2D eigenvalue weighted by Gasteiger charge is 2.03. The predicted molar refractivity (Wildman–Crippen MR) is 63.4 cm³/mol. The van der Waals surface area contributed by atoms with Crippen LogP contribution in [0.3, 0.4) is 0 Å². The molecule has 3 heteroatoms. The van der Waals surface area contributed by atoms with Crippen LogP contribution >= 0.6 is 0 Å². The molecule has 0 atom stereocenters. The van der Waals surface area contributed by atoms with Gasteiger partial charge in [0, 0.05) is 6.54 Å². The molecular weight excluding hydrogens is 202 g/mol. The van der Waals surface area contributed by atoms with Crippen molar-refractivity contribution in [2.45, 2.75) is 27.2 Å². The summed E-state index contributed by atoms with van der Waals surface area (Å²) in [5.41, 5.74) is 4.97. The molecular formula is C13H17NO2. The molecule has 0 aliphatic heterocycles. The van der Waals surface area contributed by atoms with Gasteiger partial charge in [-0.1, -0.05) is 12.1 Å². The number of rotatable bonds is 4. The lowest BCUT2D eigenvalue weighted by Gasteiger charge is -2.09. The minimum Gasteiger partial charge on any atom is -0.349 e. The Hall–Kier alpha value is -1.64. The van der Waals surface area contributed by atoms with Gasteiger partial charge < -0.3 is 5.32 Å². The third kappa shape index (κ3) is 3.19. The molecule has 0 saturated carbocycles. The first-order chi connectivity index (χ1) is 7.54. The van der Waals surface area contributed by atoms with Crippen molar-refractivity contribution in [3.63, 3.8) is 0 Å². The van der Waals surface area contributed by atoms with Gasteiger partial charge in [0.05, 0.1) is 0 Å². The Morgan fingerprint density at radius 3 is 2.44 bits per heavy atom. The van der Waals surface area contributed by atoms with Crippen molar-refractivity contribution >= 4 is 12.2 Å². The van der Waals surface area contributed by atoms with Gasteiger partial charge >= 0.3 is 0 Å². The minimum absolute atomic E-state index is 0.299. The Morgan fingerprint density at radius 1 is 1.19 bits per heavy atom. The summed E-state index contributed by atoms with van der Waals surface area (Å²) in [5, 5.41) is 2.54. The summed E-state index contributed by atoms with van der Waals surface area (Å²) in [4.78, 5) is 20.8. The van der Waals surface area contributed by atoms with Crippen LogP contribution in [0.5, 0.6) is 0 Å². The number of hydrogen-bond acceptors (Lipinski definition) is 2. The monoisotopic (exact) mass is 219 g/mol. The van der Waals surface area contributed by atoms with Crippen molar-refractivity contribution in [1.82, 2.24) is 5.32 Å². The lowest BCUT2D eigenvalue weighted by molar-refractivity contribution is -0.131. The van der Waals surface area contributed by atoms with E-state index in [4.69, 9.17) is 0 Å². The summed E-state index contributed by atoms with van der Waals surface area (Å²) in [6.07, 6.45) is 1.06. The highest BCUT2D eigenvalue weighted by Crippen LogP contribution is 2.15. The fourth-order valence-corrected chi connectivity index (χ4v) is 1.65. The second-order valence-corrected chi connectivity index (χ2v) is 4.02. The standard InChI is InChI=1S/C13H17NO2/c1-9-6-11(3)12(7-10(9)2)4-5-14-13(16)8-15/h6-8H,4-5H2,1-3H3,(H,14,16). The molecule has 86 valence electrons. The van der Waals surface area contributed by atoms with Crippen molar-refractivity contribution in [1.29, 1.82) is 0 Å². The van der Waals surface area contributed by atoms with Gasteiger partial charge in [-0.3, -0.25) is 9.59 Å². The first kappa shape index (κ1) is 12.4. The Morgan fingerprint density at radius 2 is 1.81 bits per heavy atom. The van der Waals surface area contributed by atoms with Gasteiger partial charge in [0.2, 0.25) is 6.29 Å². The van der Waals surface area contributed by atoms with E-state index < -0.39 is 5.91 Å². The third-order valence-corrected chi connectivity index (χ3v) is 2.75. The number of hydrogen-bond donors (Lipinski definition) is 1. The van der Waals surface area contributed by atoms with Gasteiger partial charge in [-0.25, -0.2) is 0 Å². The van der Waals surface area contributed by atoms with E-state index in [0.29, 0.717) is 12.8 Å². The van der Waals surface area contributed by atoms with E-state index >= 15 is 0 Å². The Bertz CT molecular complexity index is 411. The van der Waals surface area contributed by atoms with Crippen molar-refractivity contribution in [2.24, 2.45) is 0 Å². The zero-order valence-electron chi connectivity index (χ0n) is 9.96. The number of nitrogens with one attached hydrogen (secondary N) is 1. The van der Waals surface area contributed by atoms with E-state index in [2.05, 4.69) is 38.2 Å². The second-order valence-electron chi connectivity index (χ2n) is 4.02. The van der Waals surface area contributed by atoms with Gasteiger partial charge in [-0.2, -0.15) is 0 Å². The molecule has 0 aliphatic rings. The molecule has 1 N–H and O–H groups in total. The summed E-state index contributed by atoms with van der Waals surface area (Å²) in [5.74, 6) is -0.554. The molecule has 1 amide bonds. The van der Waals surface area contributed by atoms with Gasteiger partial charge in [0.1, 0.15) is 0 Å². The zero-order chi connectivity index (χ0) is 12.1. The van der Waals surface area contributed by atoms with Crippen molar-refractivity contribution in [3.05, 3.63) is 34.4 Å². The molecule has 0 aliphatic carbocycles. The molecule has 1 rings (SSSR count). The first-order valence-corrected chi connectivity index (χ1v) is 5.34. The average molecular weight is 219 g/mol. The van der Waals surface area contributed by atoms with Crippen molar-refractivity contribution < 1.29 is 9.59 Å². The minimum atomic E-state index is -0.554. The van der Waals surface area contributed by atoms with E-state index in [0.717, 1.165) is 6.42 Å². The molecule has 0 bridgehead atoms. The second kappa shape index (κ2) is 5.45. The van der Waals surface area contributed by atoms with Crippen LogP contribution in [-0.4, -0.2) is 18.7 Å². The van der Waals surface area contributed by atoms with E-state index in [9.17, 15) is 9.59 Å². The van der Waals surface area contributed by atoms with Crippen LogP contribution in [0.2, 0.25) is 0 Å². The Balaban J connectivity index is 2.64. The van der Waals surface area contributed by atoms with Gasteiger partial charge in [0.25, 0.3) is 5.91 Å². The molecule has 0 spiro atoms. The average Bonchev–Trinajstić information content (AvgIpc) is 2.25. The largest absolute Gasteiger partial charge is 0.349 e. The highest BCUT2D eigenvalue weighted by molar-refractivity contribution is 6.23. The molecule has 0 aromatic heterocycles. The maximum atomic E-state index is 10.7. The van der Waals surface area contributed by atoms with Crippen LogP contribution in [0, 0.1) is 20.8 Å². The molecule has 1 aromatic rings. The summed E-state index contributed by atoms with van der Waals surface area (Å²) >= 11 is 0. The lowest BCUT2D eigenvalue weighted by Crippen LogP contribution is -2.26. The predicted octanol–water partition coefficient (Wildman–Crippen LogP) is 1.47. The fourth-order valence-electron chi connectivity index (χ4n) is 1.65. The molecule has 0 fully saturated rings. The zero-order valence-corrected chi connectivity index (χ0v) is 9.96. The number of aryl methyl sites for hydroxylation is 3. The van der Waals surface area contributed by atoms with Crippen LogP contribution in [0.4, 0.5) is 0 Å². The van der Waals surface area contributed by atoms with Crippen molar-refractivity contribution in [2.75, 3.05) is 6.54 Å². The molecule has 1 aromatic carbocycles. The molecule has 0 radical (unpaired) electrons. The Labute approximate surface area is 95.9 Å². The van der Waals surface area contributed by atoms with Crippen LogP contribution in [0.25, 0.3) is 0 Å². The summed E-state index contributed by atoms with van der Waals surface area (Å²) in [6.45, 7) is 6.72. The van der Waals surface area contributed by atoms with E-state index in [1.165, 1.54) is 22.3 Å². The number of aldehydes is 1. The molecule has 0 unspecified atom stereocenters. The van der Waals surface area contributed by atoms with Crippen LogP contribution in [-0.2, 0) is 16.0 Å². The summed E-state index contributed by atoms with van der Waals surface area (Å²) < 4.78 is 0. The van der Waals surface area contributed by atoms with E-state index in [1.807, 2.05) is 0 Å². The number of amides is 1. The normalized spacial score (nSPS) is 9.94. The van der Waals surface area contributed by atoms with Gasteiger partial charge in [-0.05, 0) is 49.4 Å². The lowest BCUT2D eigenvalue weighted by atomic mass is 9.99. The molecule has 0 heterocycles.